The SMILES string of the molecule is O=C(O)C1CCN(C(=O)OCc2ccc([N+](=O)[O-])cc2)CC1. The van der Waals surface area contributed by atoms with E-state index in [1.54, 1.807) is 0 Å². The maximum atomic E-state index is 11.9. The molecule has 1 saturated heterocycles. The van der Waals surface area contributed by atoms with Gasteiger partial charge in [0.05, 0.1) is 10.8 Å². The normalized spacial score (nSPS) is 15.4. The van der Waals surface area contributed by atoms with Crippen LogP contribution in [0.1, 0.15) is 18.4 Å². The molecular formula is C14H16N2O6. The standard InChI is InChI=1S/C14H16N2O6/c17-13(18)11-5-7-15(8-6-11)14(19)22-9-10-1-3-12(4-2-10)16(20)21/h1-4,11H,5-9H2,(H,17,18). The fourth-order valence-electron chi connectivity index (χ4n) is 2.26. The molecule has 0 spiro atoms. The van der Waals surface area contributed by atoms with Gasteiger partial charge in [-0.3, -0.25) is 14.9 Å². The largest absolute Gasteiger partial charge is 0.481 e. The summed E-state index contributed by atoms with van der Waals surface area (Å²) >= 11 is 0. The third-order valence-electron chi connectivity index (χ3n) is 3.61. The fraction of sp³-hybridized carbons (Fsp3) is 0.429. The fourth-order valence-corrected chi connectivity index (χ4v) is 2.26. The number of carbonyl (C=O) groups is 2. The summed E-state index contributed by atoms with van der Waals surface area (Å²) in [6.45, 7) is 0.738. The molecule has 1 fully saturated rings. The van der Waals surface area contributed by atoms with Gasteiger partial charge >= 0.3 is 12.1 Å². The molecule has 22 heavy (non-hydrogen) atoms. The maximum absolute atomic E-state index is 11.9. The highest BCUT2D eigenvalue weighted by Crippen LogP contribution is 2.18. The Labute approximate surface area is 126 Å². The zero-order valence-electron chi connectivity index (χ0n) is 11.8. The van der Waals surface area contributed by atoms with E-state index >= 15 is 0 Å². The minimum absolute atomic E-state index is 0.0224. The van der Waals surface area contributed by atoms with Crippen molar-refractivity contribution in [1.29, 1.82) is 0 Å². The minimum Gasteiger partial charge on any atom is -0.481 e. The summed E-state index contributed by atoms with van der Waals surface area (Å²) in [4.78, 5) is 34.2. The molecule has 1 N–H and O–H groups in total. The lowest BCUT2D eigenvalue weighted by molar-refractivity contribution is -0.384. The van der Waals surface area contributed by atoms with Crippen LogP contribution in [0, 0.1) is 16.0 Å². The van der Waals surface area contributed by atoms with Gasteiger partial charge in [-0.05, 0) is 30.5 Å². The second kappa shape index (κ2) is 6.88. The first-order chi connectivity index (χ1) is 10.5. The monoisotopic (exact) mass is 308 g/mol. The summed E-state index contributed by atoms with van der Waals surface area (Å²) in [5, 5.41) is 19.4. The number of carboxylic acid groups (broad SMARTS) is 1. The molecule has 0 radical (unpaired) electrons. The molecule has 118 valence electrons. The van der Waals surface area contributed by atoms with Crippen LogP contribution in [0.2, 0.25) is 0 Å². The Balaban J connectivity index is 1.80. The van der Waals surface area contributed by atoms with E-state index in [0.717, 1.165) is 0 Å². The van der Waals surface area contributed by atoms with Crippen LogP contribution in [0.25, 0.3) is 0 Å². The topological polar surface area (TPSA) is 110 Å². The maximum Gasteiger partial charge on any atom is 0.410 e. The van der Waals surface area contributed by atoms with Gasteiger partial charge in [0.1, 0.15) is 6.61 Å². The van der Waals surface area contributed by atoms with Crippen molar-refractivity contribution < 1.29 is 24.4 Å². The third-order valence-corrected chi connectivity index (χ3v) is 3.61. The molecule has 1 aliphatic rings. The van der Waals surface area contributed by atoms with E-state index < -0.39 is 22.9 Å². The van der Waals surface area contributed by atoms with Crippen LogP contribution in [0.3, 0.4) is 0 Å². The zero-order valence-corrected chi connectivity index (χ0v) is 11.8. The number of benzene rings is 1. The molecule has 0 aliphatic carbocycles. The Kier molecular flexibility index (Phi) is 4.92. The molecule has 1 heterocycles. The first-order valence-electron chi connectivity index (χ1n) is 6.85. The van der Waals surface area contributed by atoms with E-state index in [-0.39, 0.29) is 12.3 Å². The smallest absolute Gasteiger partial charge is 0.410 e. The van der Waals surface area contributed by atoms with Gasteiger partial charge in [0.25, 0.3) is 5.69 Å². The first-order valence-corrected chi connectivity index (χ1v) is 6.85. The van der Waals surface area contributed by atoms with Crippen LogP contribution >= 0.6 is 0 Å². The van der Waals surface area contributed by atoms with Crippen LogP contribution in [0.15, 0.2) is 24.3 Å². The van der Waals surface area contributed by atoms with Crippen molar-refractivity contribution >= 4 is 17.7 Å². The predicted molar refractivity (Wildman–Crippen MR) is 75.2 cm³/mol. The lowest BCUT2D eigenvalue weighted by Gasteiger charge is -2.29. The Hall–Kier alpha value is -2.64. The number of carboxylic acids is 1. The highest BCUT2D eigenvalue weighted by atomic mass is 16.6. The number of nitro benzene ring substituents is 1. The lowest BCUT2D eigenvalue weighted by atomic mass is 9.97. The number of carbonyl (C=O) groups excluding carboxylic acids is 1. The van der Waals surface area contributed by atoms with Gasteiger partial charge in [-0.2, -0.15) is 0 Å². The third kappa shape index (κ3) is 3.94. The van der Waals surface area contributed by atoms with Gasteiger partial charge in [0, 0.05) is 25.2 Å². The number of aliphatic carboxylic acids is 1. The van der Waals surface area contributed by atoms with Crippen molar-refractivity contribution in [2.24, 2.45) is 5.92 Å². The molecule has 1 aromatic rings. The predicted octanol–water partition coefficient (Wildman–Crippen LogP) is 2.03. The van der Waals surface area contributed by atoms with Gasteiger partial charge in [-0.25, -0.2) is 4.79 Å². The van der Waals surface area contributed by atoms with Crippen LogP contribution in [-0.2, 0) is 16.1 Å². The number of nitrogens with zero attached hydrogens (tertiary/aromatic N) is 2. The molecule has 0 atom stereocenters. The summed E-state index contributed by atoms with van der Waals surface area (Å²) in [6.07, 6.45) is 0.339. The molecule has 0 bridgehead atoms. The molecule has 1 aromatic carbocycles. The van der Waals surface area contributed by atoms with Crippen LogP contribution in [-0.4, -0.2) is 40.1 Å². The van der Waals surface area contributed by atoms with Crippen molar-refractivity contribution in [3.63, 3.8) is 0 Å². The van der Waals surface area contributed by atoms with Gasteiger partial charge in [0.2, 0.25) is 0 Å². The number of rotatable bonds is 4. The van der Waals surface area contributed by atoms with Gasteiger partial charge in [-0.15, -0.1) is 0 Å². The summed E-state index contributed by atoms with van der Waals surface area (Å²) < 4.78 is 5.13. The Morgan fingerprint density at radius 1 is 1.27 bits per heavy atom. The number of non-ortho nitro benzene ring substituents is 1. The van der Waals surface area contributed by atoms with Crippen molar-refractivity contribution in [2.45, 2.75) is 19.4 Å². The molecule has 8 nitrogen and oxygen atoms in total. The van der Waals surface area contributed by atoms with E-state index in [2.05, 4.69) is 0 Å². The number of ether oxygens (including phenoxy) is 1. The summed E-state index contributed by atoms with van der Waals surface area (Å²) in [6, 6.07) is 5.76. The van der Waals surface area contributed by atoms with Crippen LogP contribution in [0.4, 0.5) is 10.5 Å². The van der Waals surface area contributed by atoms with E-state index in [4.69, 9.17) is 9.84 Å². The molecule has 0 saturated carbocycles. The summed E-state index contributed by atoms with van der Waals surface area (Å²) in [5.41, 5.74) is 0.630. The molecule has 8 heteroatoms. The Morgan fingerprint density at radius 2 is 1.86 bits per heavy atom. The molecule has 1 amide bonds. The molecule has 0 aromatic heterocycles. The average Bonchev–Trinajstić information content (AvgIpc) is 2.53. The summed E-state index contributed by atoms with van der Waals surface area (Å²) in [5.74, 6) is -1.24. The van der Waals surface area contributed by atoms with Crippen molar-refractivity contribution in [3.05, 3.63) is 39.9 Å². The number of hydrogen-bond donors (Lipinski definition) is 1. The Bertz CT molecular complexity index is 563. The Morgan fingerprint density at radius 3 is 2.36 bits per heavy atom. The quantitative estimate of drug-likeness (QED) is 0.673. The molecule has 2 rings (SSSR count). The second-order valence-electron chi connectivity index (χ2n) is 5.08. The molecular weight excluding hydrogens is 292 g/mol. The summed E-state index contributed by atoms with van der Waals surface area (Å²) in [7, 11) is 0. The minimum atomic E-state index is -0.834. The van der Waals surface area contributed by atoms with Crippen molar-refractivity contribution in [1.82, 2.24) is 4.90 Å². The average molecular weight is 308 g/mol. The van der Waals surface area contributed by atoms with E-state index in [0.29, 0.717) is 31.5 Å². The first kappa shape index (κ1) is 15.7. The van der Waals surface area contributed by atoms with Crippen LogP contribution < -0.4 is 0 Å². The number of likely N-dealkylation sites (tertiary alicyclic amines) is 1. The van der Waals surface area contributed by atoms with E-state index in [1.807, 2.05) is 0 Å². The lowest BCUT2D eigenvalue weighted by Crippen LogP contribution is -2.40. The highest BCUT2D eigenvalue weighted by molar-refractivity contribution is 5.71. The zero-order chi connectivity index (χ0) is 16.1. The number of nitro groups is 1. The second-order valence-corrected chi connectivity index (χ2v) is 5.08. The van der Waals surface area contributed by atoms with Crippen molar-refractivity contribution in [3.8, 4) is 0 Å². The number of hydrogen-bond acceptors (Lipinski definition) is 5. The van der Waals surface area contributed by atoms with E-state index in [9.17, 15) is 19.7 Å². The molecule has 1 aliphatic heterocycles. The highest BCUT2D eigenvalue weighted by Gasteiger charge is 2.27. The van der Waals surface area contributed by atoms with Crippen LogP contribution in [0.5, 0.6) is 0 Å². The number of amides is 1. The molecule has 0 unspecified atom stereocenters. The van der Waals surface area contributed by atoms with Crippen molar-refractivity contribution in [2.75, 3.05) is 13.1 Å². The number of piperidine rings is 1. The van der Waals surface area contributed by atoms with Gasteiger partial charge in [0.15, 0.2) is 0 Å². The van der Waals surface area contributed by atoms with Gasteiger partial charge < -0.3 is 14.7 Å². The van der Waals surface area contributed by atoms with Gasteiger partial charge in [-0.1, -0.05) is 0 Å². The van der Waals surface area contributed by atoms with E-state index in [1.165, 1.54) is 29.2 Å².